The van der Waals surface area contributed by atoms with Gasteiger partial charge in [-0.05, 0) is 12.1 Å². The Kier molecular flexibility index (Phi) is 4.74. The summed E-state index contributed by atoms with van der Waals surface area (Å²) in [5.41, 5.74) is 0.103. The van der Waals surface area contributed by atoms with Crippen LogP contribution >= 0.6 is 11.6 Å². The second kappa shape index (κ2) is 5.86. The van der Waals surface area contributed by atoms with E-state index in [-0.39, 0.29) is 17.7 Å². The lowest BCUT2D eigenvalue weighted by Gasteiger charge is -2.18. The number of esters is 1. The Morgan fingerprint density at radius 1 is 1.47 bits per heavy atom. The Hall–Kier alpha value is -1.30. The normalized spacial score (nSPS) is 14.1. The number of benzene rings is 1. The zero-order valence-corrected chi connectivity index (χ0v) is 9.89. The van der Waals surface area contributed by atoms with Gasteiger partial charge in [0, 0.05) is 10.6 Å². The van der Waals surface area contributed by atoms with E-state index in [9.17, 15) is 20.1 Å². The number of hydrogen-bond acceptors (Lipinski definition) is 5. The molecule has 0 amide bonds. The highest BCUT2D eigenvalue weighted by Gasteiger charge is 2.24. The Bertz CT molecular complexity index is 407. The van der Waals surface area contributed by atoms with Crippen molar-refractivity contribution in [2.75, 3.05) is 7.11 Å². The molecule has 0 aliphatic carbocycles. The lowest BCUT2D eigenvalue weighted by molar-refractivity contribution is -0.144. The van der Waals surface area contributed by atoms with Gasteiger partial charge in [0.15, 0.2) is 0 Å². The molecule has 0 heterocycles. The van der Waals surface area contributed by atoms with Gasteiger partial charge in [-0.1, -0.05) is 17.7 Å². The molecule has 0 bridgehead atoms. The molecule has 5 nitrogen and oxygen atoms in total. The number of phenolic OH excluding ortho intramolecular Hbond substituents is 1. The van der Waals surface area contributed by atoms with Gasteiger partial charge in [0.25, 0.3) is 0 Å². The van der Waals surface area contributed by atoms with Crippen LogP contribution in [0.2, 0.25) is 5.02 Å². The molecule has 0 spiro atoms. The quantitative estimate of drug-likeness (QED) is 0.703. The van der Waals surface area contributed by atoms with Gasteiger partial charge in [-0.2, -0.15) is 0 Å². The molecule has 1 rings (SSSR count). The number of aliphatic hydroxyl groups is 2. The van der Waals surface area contributed by atoms with E-state index in [4.69, 9.17) is 11.6 Å². The van der Waals surface area contributed by atoms with Crippen molar-refractivity contribution >= 4 is 17.6 Å². The van der Waals surface area contributed by atoms with Gasteiger partial charge in [-0.3, -0.25) is 4.79 Å². The fourth-order valence-electron chi connectivity index (χ4n) is 1.34. The smallest absolute Gasteiger partial charge is 0.308 e. The van der Waals surface area contributed by atoms with E-state index in [1.807, 2.05) is 0 Å². The van der Waals surface area contributed by atoms with Crippen LogP contribution in [0.3, 0.4) is 0 Å². The van der Waals surface area contributed by atoms with Gasteiger partial charge in [0.05, 0.1) is 19.6 Å². The highest BCUT2D eigenvalue weighted by molar-refractivity contribution is 6.30. The van der Waals surface area contributed by atoms with Crippen LogP contribution in [-0.4, -0.2) is 34.5 Å². The summed E-state index contributed by atoms with van der Waals surface area (Å²) in [6.45, 7) is 0. The number of aromatic hydroxyl groups is 1. The Morgan fingerprint density at radius 2 is 2.12 bits per heavy atom. The van der Waals surface area contributed by atoms with Crippen LogP contribution in [0.25, 0.3) is 0 Å². The number of rotatable bonds is 4. The molecular formula is C11H13ClO5. The molecule has 17 heavy (non-hydrogen) atoms. The van der Waals surface area contributed by atoms with Crippen LogP contribution in [0.15, 0.2) is 18.2 Å². The summed E-state index contributed by atoms with van der Waals surface area (Å²) in [6, 6.07) is 4.08. The van der Waals surface area contributed by atoms with Crippen molar-refractivity contribution in [3.63, 3.8) is 0 Å². The maximum absolute atomic E-state index is 10.9. The molecule has 2 unspecified atom stereocenters. The number of halogens is 1. The van der Waals surface area contributed by atoms with Crippen molar-refractivity contribution in [2.24, 2.45) is 0 Å². The molecule has 0 saturated carbocycles. The third-order valence-corrected chi connectivity index (χ3v) is 2.51. The van der Waals surface area contributed by atoms with Crippen molar-refractivity contribution in [3.05, 3.63) is 28.8 Å². The van der Waals surface area contributed by atoms with Crippen LogP contribution < -0.4 is 0 Å². The summed E-state index contributed by atoms with van der Waals surface area (Å²) in [7, 11) is 1.18. The number of aliphatic hydroxyl groups excluding tert-OH is 2. The van der Waals surface area contributed by atoms with Gasteiger partial charge >= 0.3 is 5.97 Å². The standard InChI is InChI=1S/C11H13ClO5/c1-17-10(15)5-9(14)11(16)7-3-2-6(12)4-8(7)13/h2-4,9,11,13-14,16H,5H2,1H3. The van der Waals surface area contributed by atoms with E-state index in [0.29, 0.717) is 5.02 Å². The highest BCUT2D eigenvalue weighted by atomic mass is 35.5. The van der Waals surface area contributed by atoms with E-state index < -0.39 is 18.2 Å². The summed E-state index contributed by atoms with van der Waals surface area (Å²) in [4.78, 5) is 10.9. The van der Waals surface area contributed by atoms with Gasteiger partial charge in [0.2, 0.25) is 0 Å². The molecule has 0 fully saturated rings. The summed E-state index contributed by atoms with van der Waals surface area (Å²) in [5.74, 6) is -0.890. The average molecular weight is 261 g/mol. The van der Waals surface area contributed by atoms with Crippen LogP contribution in [0.1, 0.15) is 18.1 Å². The lowest BCUT2D eigenvalue weighted by atomic mass is 10.0. The predicted octanol–water partition coefficient (Wildman–Crippen LogP) is 1.00. The highest BCUT2D eigenvalue weighted by Crippen LogP contribution is 2.29. The number of carbonyl (C=O) groups is 1. The molecule has 6 heteroatoms. The van der Waals surface area contributed by atoms with Crippen LogP contribution in [0.4, 0.5) is 0 Å². The van der Waals surface area contributed by atoms with Crippen LogP contribution in [-0.2, 0) is 9.53 Å². The summed E-state index contributed by atoms with van der Waals surface area (Å²) in [5, 5.41) is 29.2. The van der Waals surface area contributed by atoms with Gasteiger partial charge in [0.1, 0.15) is 11.9 Å². The maximum atomic E-state index is 10.9. The average Bonchev–Trinajstić information content (AvgIpc) is 2.28. The number of carbonyl (C=O) groups excluding carboxylic acids is 1. The molecule has 94 valence electrons. The first kappa shape index (κ1) is 13.8. The van der Waals surface area contributed by atoms with E-state index in [1.165, 1.54) is 25.3 Å². The number of hydrogen-bond donors (Lipinski definition) is 3. The van der Waals surface area contributed by atoms with Gasteiger partial charge < -0.3 is 20.1 Å². The molecule has 0 radical (unpaired) electrons. The minimum absolute atomic E-state index is 0.103. The number of ether oxygens (including phenoxy) is 1. The maximum Gasteiger partial charge on any atom is 0.308 e. The van der Waals surface area contributed by atoms with Crippen molar-refractivity contribution in [1.29, 1.82) is 0 Å². The minimum Gasteiger partial charge on any atom is -0.508 e. The molecule has 3 N–H and O–H groups in total. The minimum atomic E-state index is -1.38. The fourth-order valence-corrected chi connectivity index (χ4v) is 1.51. The summed E-state index contributed by atoms with van der Waals surface area (Å²) < 4.78 is 4.36. The van der Waals surface area contributed by atoms with Crippen molar-refractivity contribution < 1.29 is 24.9 Å². The van der Waals surface area contributed by atoms with Crippen molar-refractivity contribution in [2.45, 2.75) is 18.6 Å². The van der Waals surface area contributed by atoms with E-state index >= 15 is 0 Å². The van der Waals surface area contributed by atoms with E-state index in [0.717, 1.165) is 0 Å². The molecule has 1 aromatic carbocycles. The largest absolute Gasteiger partial charge is 0.508 e. The molecule has 2 atom stereocenters. The van der Waals surface area contributed by atoms with Crippen LogP contribution in [0.5, 0.6) is 5.75 Å². The second-order valence-electron chi connectivity index (χ2n) is 3.50. The molecule has 1 aromatic rings. The number of methoxy groups -OCH3 is 1. The monoisotopic (exact) mass is 260 g/mol. The first-order valence-electron chi connectivity index (χ1n) is 4.87. The van der Waals surface area contributed by atoms with Crippen molar-refractivity contribution in [3.8, 4) is 5.75 Å². The van der Waals surface area contributed by atoms with Gasteiger partial charge in [-0.15, -0.1) is 0 Å². The SMILES string of the molecule is COC(=O)CC(O)C(O)c1ccc(Cl)cc1O. The van der Waals surface area contributed by atoms with Gasteiger partial charge in [-0.25, -0.2) is 0 Å². The molecule has 0 aliphatic heterocycles. The topological polar surface area (TPSA) is 87.0 Å². The van der Waals surface area contributed by atoms with E-state index in [2.05, 4.69) is 4.74 Å². The number of phenols is 1. The molecule has 0 aliphatic rings. The van der Waals surface area contributed by atoms with Crippen molar-refractivity contribution in [1.82, 2.24) is 0 Å². The van der Waals surface area contributed by atoms with E-state index in [1.54, 1.807) is 0 Å². The molecular weight excluding hydrogens is 248 g/mol. The Labute approximate surface area is 103 Å². The lowest BCUT2D eigenvalue weighted by Crippen LogP contribution is -2.22. The Morgan fingerprint density at radius 3 is 2.65 bits per heavy atom. The zero-order chi connectivity index (χ0) is 13.0. The second-order valence-corrected chi connectivity index (χ2v) is 3.93. The predicted molar refractivity (Wildman–Crippen MR) is 60.7 cm³/mol. The van der Waals surface area contributed by atoms with Crippen LogP contribution in [0, 0.1) is 0 Å². The third kappa shape index (κ3) is 3.59. The zero-order valence-electron chi connectivity index (χ0n) is 9.13. The first-order chi connectivity index (χ1) is 7.95. The Balaban J connectivity index is 2.81. The first-order valence-corrected chi connectivity index (χ1v) is 5.25. The third-order valence-electron chi connectivity index (χ3n) is 2.28. The molecule has 0 aromatic heterocycles. The molecule has 0 saturated heterocycles. The fraction of sp³-hybridized carbons (Fsp3) is 0.364. The summed E-state index contributed by atoms with van der Waals surface area (Å²) in [6.07, 6.45) is -3.10. The summed E-state index contributed by atoms with van der Waals surface area (Å²) >= 11 is 5.63.